The lowest BCUT2D eigenvalue weighted by Gasteiger charge is -2.07. The van der Waals surface area contributed by atoms with Crippen LogP contribution in [0.2, 0.25) is 0 Å². The molecule has 0 amide bonds. The van der Waals surface area contributed by atoms with Crippen molar-refractivity contribution in [3.63, 3.8) is 0 Å². The quantitative estimate of drug-likeness (QED) is 0.680. The first-order valence-corrected chi connectivity index (χ1v) is 6.20. The van der Waals surface area contributed by atoms with Crippen LogP contribution >= 0.6 is 0 Å². The molecule has 3 N–H and O–H groups in total. The van der Waals surface area contributed by atoms with E-state index in [1.54, 1.807) is 6.20 Å². The van der Waals surface area contributed by atoms with Crippen molar-refractivity contribution in [3.8, 4) is 0 Å². The monoisotopic (exact) mass is 248 g/mol. The van der Waals surface area contributed by atoms with E-state index < -0.39 is 0 Å². The number of rotatable bonds is 6. The van der Waals surface area contributed by atoms with Crippen LogP contribution in [-0.2, 0) is 13.6 Å². The van der Waals surface area contributed by atoms with E-state index in [0.717, 1.165) is 36.8 Å². The number of aromatic nitrogens is 4. The first-order valence-electron chi connectivity index (χ1n) is 6.20. The summed E-state index contributed by atoms with van der Waals surface area (Å²) in [7, 11) is 1.99. The first kappa shape index (κ1) is 12.6. The van der Waals surface area contributed by atoms with Crippen LogP contribution in [-0.4, -0.2) is 26.1 Å². The Morgan fingerprint density at radius 3 is 2.83 bits per heavy atom. The Labute approximate surface area is 107 Å². The molecule has 0 aliphatic heterocycles. The van der Waals surface area contributed by atoms with E-state index in [1.807, 2.05) is 24.7 Å². The Balaban J connectivity index is 2.01. The molecule has 6 nitrogen and oxygen atoms in total. The lowest BCUT2D eigenvalue weighted by molar-refractivity contribution is 0.646. The zero-order valence-electron chi connectivity index (χ0n) is 11.1. The predicted molar refractivity (Wildman–Crippen MR) is 71.8 cm³/mol. The van der Waals surface area contributed by atoms with Gasteiger partial charge in [0.15, 0.2) is 0 Å². The third-order valence-electron chi connectivity index (χ3n) is 2.75. The van der Waals surface area contributed by atoms with E-state index in [2.05, 4.69) is 32.5 Å². The third kappa shape index (κ3) is 2.89. The Kier molecular flexibility index (Phi) is 3.99. The molecule has 98 valence electrons. The number of hydrogen-bond donors (Lipinski definition) is 3. The fourth-order valence-corrected chi connectivity index (χ4v) is 1.70. The standard InChI is InChI=1S/C12H20N6/c1-4-5-13-7-10-8-15-12(18(10)3)17-11-14-6-9(2)16-11/h6,8,13H,4-5,7H2,1-3H3,(H2,14,15,16,17). The Hall–Kier alpha value is -1.82. The number of nitrogens with zero attached hydrogens (tertiary/aromatic N) is 3. The van der Waals surface area contributed by atoms with Crippen LogP contribution < -0.4 is 10.6 Å². The summed E-state index contributed by atoms with van der Waals surface area (Å²) >= 11 is 0. The zero-order valence-corrected chi connectivity index (χ0v) is 11.1. The Bertz CT molecular complexity index is 498. The van der Waals surface area contributed by atoms with Crippen LogP contribution in [0.1, 0.15) is 24.7 Å². The average Bonchev–Trinajstić information content (AvgIpc) is 2.90. The molecule has 2 aromatic rings. The summed E-state index contributed by atoms with van der Waals surface area (Å²) < 4.78 is 2.03. The van der Waals surface area contributed by atoms with E-state index in [4.69, 9.17) is 0 Å². The van der Waals surface area contributed by atoms with Gasteiger partial charge in [-0.05, 0) is 19.9 Å². The molecular formula is C12H20N6. The Morgan fingerprint density at radius 2 is 2.17 bits per heavy atom. The number of anilines is 2. The van der Waals surface area contributed by atoms with Gasteiger partial charge in [0.05, 0.1) is 11.9 Å². The van der Waals surface area contributed by atoms with Crippen LogP contribution in [0.4, 0.5) is 11.9 Å². The van der Waals surface area contributed by atoms with Gasteiger partial charge in [-0.3, -0.25) is 5.32 Å². The summed E-state index contributed by atoms with van der Waals surface area (Å²) in [6.45, 7) is 5.97. The van der Waals surface area contributed by atoms with Crippen molar-refractivity contribution in [3.05, 3.63) is 23.8 Å². The highest BCUT2D eigenvalue weighted by Crippen LogP contribution is 2.13. The molecule has 6 heteroatoms. The number of imidazole rings is 2. The molecule has 2 heterocycles. The molecule has 0 bridgehead atoms. The second kappa shape index (κ2) is 5.68. The van der Waals surface area contributed by atoms with E-state index in [9.17, 15) is 0 Å². The summed E-state index contributed by atoms with van der Waals surface area (Å²) in [5.74, 6) is 1.51. The van der Waals surface area contributed by atoms with Gasteiger partial charge in [0, 0.05) is 25.5 Å². The molecule has 0 saturated carbocycles. The lowest BCUT2D eigenvalue weighted by Crippen LogP contribution is -2.16. The van der Waals surface area contributed by atoms with E-state index in [0.29, 0.717) is 5.95 Å². The minimum Gasteiger partial charge on any atom is -0.328 e. The predicted octanol–water partition coefficient (Wildman–Crippen LogP) is 1.69. The Morgan fingerprint density at radius 1 is 1.33 bits per heavy atom. The molecule has 0 fully saturated rings. The number of aromatic amines is 1. The molecule has 0 aromatic carbocycles. The summed E-state index contributed by atoms with van der Waals surface area (Å²) in [6, 6.07) is 0. The smallest absolute Gasteiger partial charge is 0.209 e. The van der Waals surface area contributed by atoms with Crippen LogP contribution in [0.25, 0.3) is 0 Å². The van der Waals surface area contributed by atoms with Crippen molar-refractivity contribution in [2.24, 2.45) is 7.05 Å². The largest absolute Gasteiger partial charge is 0.328 e. The maximum Gasteiger partial charge on any atom is 0.209 e. The maximum atomic E-state index is 4.35. The van der Waals surface area contributed by atoms with Crippen LogP contribution in [0.15, 0.2) is 12.4 Å². The second-order valence-corrected chi connectivity index (χ2v) is 4.35. The molecule has 0 aliphatic carbocycles. The van der Waals surface area contributed by atoms with Crippen molar-refractivity contribution >= 4 is 11.9 Å². The highest BCUT2D eigenvalue weighted by Gasteiger charge is 2.07. The average molecular weight is 248 g/mol. The van der Waals surface area contributed by atoms with Crippen LogP contribution in [0, 0.1) is 6.92 Å². The number of nitrogens with one attached hydrogen (secondary N) is 3. The molecule has 18 heavy (non-hydrogen) atoms. The van der Waals surface area contributed by atoms with Gasteiger partial charge >= 0.3 is 0 Å². The van der Waals surface area contributed by atoms with E-state index in [1.165, 1.54) is 0 Å². The number of H-pyrrole nitrogens is 1. The minimum atomic E-state index is 0.717. The van der Waals surface area contributed by atoms with Crippen LogP contribution in [0.3, 0.4) is 0 Å². The van der Waals surface area contributed by atoms with Crippen molar-refractivity contribution < 1.29 is 0 Å². The first-order chi connectivity index (χ1) is 8.70. The van der Waals surface area contributed by atoms with Gasteiger partial charge in [0.2, 0.25) is 11.9 Å². The number of aryl methyl sites for hydroxylation is 1. The van der Waals surface area contributed by atoms with Crippen molar-refractivity contribution in [1.29, 1.82) is 0 Å². The van der Waals surface area contributed by atoms with E-state index in [-0.39, 0.29) is 0 Å². The second-order valence-electron chi connectivity index (χ2n) is 4.35. The summed E-state index contributed by atoms with van der Waals surface area (Å²) in [5.41, 5.74) is 2.17. The highest BCUT2D eigenvalue weighted by molar-refractivity contribution is 5.44. The SMILES string of the molecule is CCCNCc1cnc(Nc2ncc(C)[nH]2)n1C. The minimum absolute atomic E-state index is 0.717. The molecule has 0 radical (unpaired) electrons. The van der Waals surface area contributed by atoms with Crippen LogP contribution in [0.5, 0.6) is 0 Å². The van der Waals surface area contributed by atoms with Gasteiger partial charge in [-0.2, -0.15) is 0 Å². The molecule has 0 saturated heterocycles. The molecule has 0 unspecified atom stereocenters. The molecule has 0 aliphatic rings. The topological polar surface area (TPSA) is 70.6 Å². The fourth-order valence-electron chi connectivity index (χ4n) is 1.70. The summed E-state index contributed by atoms with van der Waals surface area (Å²) in [5, 5.41) is 6.52. The van der Waals surface area contributed by atoms with Gasteiger partial charge in [0.1, 0.15) is 0 Å². The summed E-state index contributed by atoms with van der Waals surface area (Å²) in [6.07, 6.45) is 4.80. The zero-order chi connectivity index (χ0) is 13.0. The normalized spacial score (nSPS) is 10.8. The van der Waals surface area contributed by atoms with Crippen molar-refractivity contribution in [1.82, 2.24) is 24.8 Å². The maximum absolute atomic E-state index is 4.35. The molecule has 0 spiro atoms. The van der Waals surface area contributed by atoms with Gasteiger partial charge < -0.3 is 14.9 Å². The van der Waals surface area contributed by atoms with Crippen molar-refractivity contribution in [2.45, 2.75) is 26.8 Å². The molecule has 0 atom stereocenters. The third-order valence-corrected chi connectivity index (χ3v) is 2.75. The van der Waals surface area contributed by atoms with Gasteiger partial charge in [-0.1, -0.05) is 6.92 Å². The van der Waals surface area contributed by atoms with Gasteiger partial charge in [0.25, 0.3) is 0 Å². The summed E-state index contributed by atoms with van der Waals surface area (Å²) in [4.78, 5) is 11.7. The molecular weight excluding hydrogens is 228 g/mol. The highest BCUT2D eigenvalue weighted by atomic mass is 15.3. The van der Waals surface area contributed by atoms with Gasteiger partial charge in [-0.25, -0.2) is 9.97 Å². The lowest BCUT2D eigenvalue weighted by atomic mass is 10.4. The fraction of sp³-hybridized carbons (Fsp3) is 0.500. The number of hydrogen-bond acceptors (Lipinski definition) is 4. The molecule has 2 rings (SSSR count). The molecule has 2 aromatic heterocycles. The van der Waals surface area contributed by atoms with Gasteiger partial charge in [-0.15, -0.1) is 0 Å². The van der Waals surface area contributed by atoms with Crippen molar-refractivity contribution in [2.75, 3.05) is 11.9 Å². The van der Waals surface area contributed by atoms with E-state index >= 15 is 0 Å².